The number of carbonyl (C=O) groups excluding carboxylic acids is 1. The van der Waals surface area contributed by atoms with Crippen LogP contribution in [0.2, 0.25) is 0 Å². The SMILES string of the molecule is Cc1cc(OC(C)C(=O)NCc2ccc(S(C)(=O)=O)cc2)ccc1C(C)C. The van der Waals surface area contributed by atoms with Gasteiger partial charge in [-0.1, -0.05) is 32.0 Å². The van der Waals surface area contributed by atoms with Gasteiger partial charge in [0.15, 0.2) is 15.9 Å². The maximum atomic E-state index is 12.3. The molecule has 0 spiro atoms. The van der Waals surface area contributed by atoms with Crippen molar-refractivity contribution in [1.29, 1.82) is 0 Å². The first kappa shape index (κ1) is 21.0. The van der Waals surface area contributed by atoms with Gasteiger partial charge in [0.2, 0.25) is 0 Å². The van der Waals surface area contributed by atoms with Gasteiger partial charge in [-0.05, 0) is 60.7 Å². The Labute approximate surface area is 161 Å². The molecule has 0 aromatic heterocycles. The fraction of sp³-hybridized carbons (Fsp3) is 0.381. The average Bonchev–Trinajstić information content (AvgIpc) is 2.59. The molecule has 0 saturated heterocycles. The first-order chi connectivity index (χ1) is 12.6. The van der Waals surface area contributed by atoms with E-state index in [1.54, 1.807) is 19.1 Å². The highest BCUT2D eigenvalue weighted by atomic mass is 32.2. The standard InChI is InChI=1S/C21H27NO4S/c1-14(2)20-11-8-18(12-15(20)3)26-16(4)21(23)22-13-17-6-9-19(10-7-17)27(5,24)25/h6-12,14,16H,13H2,1-5H3,(H,22,23). The molecule has 1 atom stereocenters. The van der Waals surface area contributed by atoms with Crippen molar-refractivity contribution in [3.05, 3.63) is 59.2 Å². The van der Waals surface area contributed by atoms with Crippen molar-refractivity contribution in [2.75, 3.05) is 6.26 Å². The summed E-state index contributed by atoms with van der Waals surface area (Å²) >= 11 is 0. The number of nitrogens with one attached hydrogen (secondary N) is 1. The third-order valence-corrected chi connectivity index (χ3v) is 5.49. The van der Waals surface area contributed by atoms with Crippen molar-refractivity contribution in [3.8, 4) is 5.75 Å². The highest BCUT2D eigenvalue weighted by molar-refractivity contribution is 7.90. The third kappa shape index (κ3) is 5.82. The monoisotopic (exact) mass is 389 g/mol. The van der Waals surface area contributed by atoms with E-state index >= 15 is 0 Å². The third-order valence-electron chi connectivity index (χ3n) is 4.36. The number of amides is 1. The van der Waals surface area contributed by atoms with Crippen LogP contribution in [-0.4, -0.2) is 26.7 Å². The van der Waals surface area contributed by atoms with Crippen LogP contribution in [0.4, 0.5) is 0 Å². The summed E-state index contributed by atoms with van der Waals surface area (Å²) in [4.78, 5) is 12.5. The molecule has 27 heavy (non-hydrogen) atoms. The topological polar surface area (TPSA) is 72.5 Å². The Hall–Kier alpha value is -2.34. The molecular weight excluding hydrogens is 362 g/mol. The summed E-state index contributed by atoms with van der Waals surface area (Å²) < 4.78 is 28.7. The summed E-state index contributed by atoms with van der Waals surface area (Å²) in [5.74, 6) is 0.874. The van der Waals surface area contributed by atoms with E-state index in [0.717, 1.165) is 17.4 Å². The second-order valence-corrected chi connectivity index (χ2v) is 9.08. The van der Waals surface area contributed by atoms with Gasteiger partial charge in [-0.3, -0.25) is 4.79 Å². The summed E-state index contributed by atoms with van der Waals surface area (Å²) in [5, 5.41) is 2.81. The molecule has 0 aliphatic carbocycles. The molecule has 2 aromatic carbocycles. The van der Waals surface area contributed by atoms with Gasteiger partial charge < -0.3 is 10.1 Å². The molecule has 2 rings (SSSR count). The first-order valence-electron chi connectivity index (χ1n) is 8.92. The van der Waals surface area contributed by atoms with E-state index in [4.69, 9.17) is 4.74 Å². The number of aryl methyl sites for hydroxylation is 1. The molecule has 1 N–H and O–H groups in total. The Balaban J connectivity index is 1.93. The highest BCUT2D eigenvalue weighted by Crippen LogP contribution is 2.24. The molecule has 0 aliphatic rings. The van der Waals surface area contributed by atoms with Crippen molar-refractivity contribution < 1.29 is 17.9 Å². The maximum absolute atomic E-state index is 12.3. The van der Waals surface area contributed by atoms with Crippen molar-refractivity contribution in [3.63, 3.8) is 0 Å². The smallest absolute Gasteiger partial charge is 0.261 e. The molecule has 1 amide bonds. The number of sulfone groups is 1. The molecule has 2 aromatic rings. The molecule has 146 valence electrons. The quantitative estimate of drug-likeness (QED) is 0.785. The van der Waals surface area contributed by atoms with Crippen LogP contribution in [-0.2, 0) is 21.2 Å². The largest absolute Gasteiger partial charge is 0.481 e. The van der Waals surface area contributed by atoms with Crippen LogP contribution < -0.4 is 10.1 Å². The lowest BCUT2D eigenvalue weighted by Gasteiger charge is -2.17. The van der Waals surface area contributed by atoms with Crippen LogP contribution in [0.5, 0.6) is 5.75 Å². The normalized spacial score (nSPS) is 12.7. The number of benzene rings is 2. The fourth-order valence-electron chi connectivity index (χ4n) is 2.81. The van der Waals surface area contributed by atoms with Crippen molar-refractivity contribution in [2.45, 2.75) is 51.2 Å². The van der Waals surface area contributed by atoms with Crippen LogP contribution in [0, 0.1) is 6.92 Å². The van der Waals surface area contributed by atoms with Gasteiger partial charge in [0.25, 0.3) is 5.91 Å². The van der Waals surface area contributed by atoms with Crippen molar-refractivity contribution >= 4 is 15.7 Å². The van der Waals surface area contributed by atoms with Gasteiger partial charge in [-0.15, -0.1) is 0 Å². The Morgan fingerprint density at radius 1 is 1.07 bits per heavy atom. The minimum Gasteiger partial charge on any atom is -0.481 e. The molecule has 0 heterocycles. The molecule has 6 heteroatoms. The van der Waals surface area contributed by atoms with Crippen LogP contribution in [0.15, 0.2) is 47.4 Å². The molecule has 5 nitrogen and oxygen atoms in total. The second-order valence-electron chi connectivity index (χ2n) is 7.07. The first-order valence-corrected chi connectivity index (χ1v) is 10.8. The lowest BCUT2D eigenvalue weighted by atomic mass is 9.98. The Kier molecular flexibility index (Phi) is 6.65. The Morgan fingerprint density at radius 3 is 2.22 bits per heavy atom. The lowest BCUT2D eigenvalue weighted by molar-refractivity contribution is -0.127. The van der Waals surface area contributed by atoms with E-state index in [0.29, 0.717) is 18.2 Å². The zero-order chi connectivity index (χ0) is 20.2. The van der Waals surface area contributed by atoms with E-state index in [2.05, 4.69) is 19.2 Å². The number of hydrogen-bond donors (Lipinski definition) is 1. The summed E-state index contributed by atoms with van der Waals surface area (Å²) in [6, 6.07) is 12.3. The predicted molar refractivity (Wildman–Crippen MR) is 107 cm³/mol. The van der Waals surface area contributed by atoms with Gasteiger partial charge in [0, 0.05) is 12.8 Å². The molecular formula is C21H27NO4S. The van der Waals surface area contributed by atoms with Crippen molar-refractivity contribution in [2.24, 2.45) is 0 Å². The van der Waals surface area contributed by atoms with Crippen molar-refractivity contribution in [1.82, 2.24) is 5.32 Å². The Morgan fingerprint density at radius 2 is 1.70 bits per heavy atom. The number of carbonyl (C=O) groups is 1. The Bertz CT molecular complexity index is 902. The highest BCUT2D eigenvalue weighted by Gasteiger charge is 2.15. The van der Waals surface area contributed by atoms with Gasteiger partial charge in [-0.2, -0.15) is 0 Å². The molecule has 0 fully saturated rings. The van der Waals surface area contributed by atoms with Crippen LogP contribution in [0.1, 0.15) is 43.4 Å². The summed E-state index contributed by atoms with van der Waals surface area (Å²) in [6.07, 6.45) is 0.530. The van der Waals surface area contributed by atoms with E-state index in [-0.39, 0.29) is 10.8 Å². The predicted octanol–water partition coefficient (Wildman–Crippen LogP) is 3.61. The number of ether oxygens (including phenoxy) is 1. The van der Waals surface area contributed by atoms with Gasteiger partial charge in [0.05, 0.1) is 4.90 Å². The summed E-state index contributed by atoms with van der Waals surface area (Å²) in [5.41, 5.74) is 3.22. The van der Waals surface area contributed by atoms with Gasteiger partial charge in [-0.25, -0.2) is 8.42 Å². The van der Waals surface area contributed by atoms with Gasteiger partial charge in [0.1, 0.15) is 5.75 Å². The van der Waals surface area contributed by atoms with Crippen LogP contribution >= 0.6 is 0 Å². The molecule has 0 saturated carbocycles. The zero-order valence-corrected chi connectivity index (χ0v) is 17.3. The molecule has 1 unspecified atom stereocenters. The van der Waals surface area contributed by atoms with Crippen LogP contribution in [0.3, 0.4) is 0 Å². The maximum Gasteiger partial charge on any atom is 0.261 e. The van der Waals surface area contributed by atoms with E-state index in [1.807, 2.05) is 25.1 Å². The second kappa shape index (κ2) is 8.57. The van der Waals surface area contributed by atoms with E-state index in [9.17, 15) is 13.2 Å². The summed E-state index contributed by atoms with van der Waals surface area (Å²) in [7, 11) is -3.22. The fourth-order valence-corrected chi connectivity index (χ4v) is 3.44. The minimum atomic E-state index is -3.22. The van der Waals surface area contributed by atoms with E-state index < -0.39 is 15.9 Å². The minimum absolute atomic E-state index is 0.229. The van der Waals surface area contributed by atoms with Gasteiger partial charge >= 0.3 is 0 Å². The number of rotatable bonds is 7. The van der Waals surface area contributed by atoms with Crippen LogP contribution in [0.25, 0.3) is 0 Å². The molecule has 0 radical (unpaired) electrons. The zero-order valence-electron chi connectivity index (χ0n) is 16.4. The number of hydrogen-bond acceptors (Lipinski definition) is 4. The molecule has 0 bridgehead atoms. The molecule has 0 aliphatic heterocycles. The van der Waals surface area contributed by atoms with E-state index in [1.165, 1.54) is 17.7 Å². The average molecular weight is 390 g/mol. The lowest BCUT2D eigenvalue weighted by Crippen LogP contribution is -2.35. The summed E-state index contributed by atoms with van der Waals surface area (Å²) in [6.45, 7) is 8.32.